The zero-order chi connectivity index (χ0) is 11.8. The van der Waals surface area contributed by atoms with Crippen LogP contribution in [-0.4, -0.2) is 31.7 Å². The second-order valence-electron chi connectivity index (χ2n) is 4.31. The van der Waals surface area contributed by atoms with Crippen molar-refractivity contribution in [2.24, 2.45) is 0 Å². The van der Waals surface area contributed by atoms with E-state index in [1.807, 2.05) is 6.07 Å². The molecule has 0 radical (unpaired) electrons. The van der Waals surface area contributed by atoms with Gasteiger partial charge in [0.1, 0.15) is 11.5 Å². The SMILES string of the molecule is O=C1CC2COCCN2c2cccc(F)c2N1. The molecule has 1 aromatic rings. The Morgan fingerprint density at radius 2 is 2.35 bits per heavy atom. The molecule has 2 heterocycles. The Kier molecular flexibility index (Phi) is 2.48. The lowest BCUT2D eigenvalue weighted by Gasteiger charge is -2.35. The summed E-state index contributed by atoms with van der Waals surface area (Å²) in [6.45, 7) is 1.82. The number of nitrogens with one attached hydrogen (secondary N) is 1. The largest absolute Gasteiger partial charge is 0.377 e. The Labute approximate surface area is 98.4 Å². The molecule has 1 N–H and O–H groups in total. The first-order valence-electron chi connectivity index (χ1n) is 5.68. The first kappa shape index (κ1) is 10.5. The molecule has 3 rings (SSSR count). The molecule has 0 saturated carbocycles. The summed E-state index contributed by atoms with van der Waals surface area (Å²) >= 11 is 0. The molecule has 4 nitrogen and oxygen atoms in total. The maximum Gasteiger partial charge on any atom is 0.226 e. The van der Waals surface area contributed by atoms with Gasteiger partial charge in [0, 0.05) is 13.0 Å². The first-order valence-corrected chi connectivity index (χ1v) is 5.68. The van der Waals surface area contributed by atoms with Crippen LogP contribution in [-0.2, 0) is 9.53 Å². The topological polar surface area (TPSA) is 41.6 Å². The Balaban J connectivity index is 2.09. The average Bonchev–Trinajstić information content (AvgIpc) is 2.46. The number of para-hydroxylation sites is 1. The highest BCUT2D eigenvalue weighted by molar-refractivity contribution is 5.97. The van der Waals surface area contributed by atoms with Crippen LogP contribution in [0.25, 0.3) is 0 Å². The highest BCUT2D eigenvalue weighted by Crippen LogP contribution is 2.34. The number of rotatable bonds is 0. The van der Waals surface area contributed by atoms with Gasteiger partial charge in [-0.1, -0.05) is 6.07 Å². The fourth-order valence-corrected chi connectivity index (χ4v) is 2.42. The molecule has 0 aromatic heterocycles. The summed E-state index contributed by atoms with van der Waals surface area (Å²) < 4.78 is 19.1. The van der Waals surface area contributed by atoms with E-state index in [9.17, 15) is 9.18 Å². The minimum absolute atomic E-state index is 0.00630. The highest BCUT2D eigenvalue weighted by Gasteiger charge is 2.31. The van der Waals surface area contributed by atoms with E-state index < -0.39 is 0 Å². The number of anilines is 2. The summed E-state index contributed by atoms with van der Waals surface area (Å²) in [5, 5.41) is 2.64. The predicted molar refractivity (Wildman–Crippen MR) is 61.6 cm³/mol. The van der Waals surface area contributed by atoms with Crippen molar-refractivity contribution in [1.29, 1.82) is 0 Å². The zero-order valence-corrected chi connectivity index (χ0v) is 9.28. The van der Waals surface area contributed by atoms with Crippen LogP contribution < -0.4 is 10.2 Å². The quantitative estimate of drug-likeness (QED) is 0.739. The van der Waals surface area contributed by atoms with Gasteiger partial charge in [0.15, 0.2) is 0 Å². The molecule has 2 aliphatic rings. The van der Waals surface area contributed by atoms with E-state index >= 15 is 0 Å². The number of nitrogens with zero attached hydrogens (tertiary/aromatic N) is 1. The number of hydrogen-bond acceptors (Lipinski definition) is 3. The minimum atomic E-state index is -0.386. The maximum atomic E-state index is 13.7. The van der Waals surface area contributed by atoms with Gasteiger partial charge in [-0.3, -0.25) is 4.79 Å². The lowest BCUT2D eigenvalue weighted by Crippen LogP contribution is -2.45. The highest BCUT2D eigenvalue weighted by atomic mass is 19.1. The van der Waals surface area contributed by atoms with Gasteiger partial charge in [-0.15, -0.1) is 0 Å². The maximum absolute atomic E-state index is 13.7. The lowest BCUT2D eigenvalue weighted by molar-refractivity contribution is -0.116. The third-order valence-corrected chi connectivity index (χ3v) is 3.21. The fraction of sp³-hybridized carbons (Fsp3) is 0.417. The number of benzene rings is 1. The molecule has 17 heavy (non-hydrogen) atoms. The summed E-state index contributed by atoms with van der Waals surface area (Å²) in [7, 11) is 0. The fourth-order valence-electron chi connectivity index (χ4n) is 2.42. The number of hydrogen-bond donors (Lipinski definition) is 1. The van der Waals surface area contributed by atoms with Crippen molar-refractivity contribution < 1.29 is 13.9 Å². The molecule has 0 spiro atoms. The van der Waals surface area contributed by atoms with Gasteiger partial charge in [-0.05, 0) is 12.1 Å². The molecule has 0 aliphatic carbocycles. The molecule has 1 unspecified atom stereocenters. The molecule has 2 aliphatic heterocycles. The van der Waals surface area contributed by atoms with Crippen molar-refractivity contribution in [3.8, 4) is 0 Å². The Bertz CT molecular complexity index is 464. The van der Waals surface area contributed by atoms with E-state index in [1.165, 1.54) is 6.07 Å². The predicted octanol–water partition coefficient (Wildman–Crippen LogP) is 1.37. The molecule has 90 valence electrons. The Hall–Kier alpha value is -1.62. The van der Waals surface area contributed by atoms with E-state index in [-0.39, 0.29) is 17.8 Å². The van der Waals surface area contributed by atoms with Gasteiger partial charge in [-0.25, -0.2) is 4.39 Å². The second-order valence-corrected chi connectivity index (χ2v) is 4.31. The van der Waals surface area contributed by atoms with Crippen molar-refractivity contribution in [2.45, 2.75) is 12.5 Å². The van der Waals surface area contributed by atoms with Gasteiger partial charge < -0.3 is 15.0 Å². The van der Waals surface area contributed by atoms with Gasteiger partial charge in [0.25, 0.3) is 0 Å². The van der Waals surface area contributed by atoms with E-state index in [2.05, 4.69) is 10.2 Å². The van der Waals surface area contributed by atoms with Crippen molar-refractivity contribution in [3.05, 3.63) is 24.0 Å². The van der Waals surface area contributed by atoms with Crippen molar-refractivity contribution in [3.63, 3.8) is 0 Å². The Morgan fingerprint density at radius 1 is 1.47 bits per heavy atom. The smallest absolute Gasteiger partial charge is 0.226 e. The van der Waals surface area contributed by atoms with Gasteiger partial charge >= 0.3 is 0 Å². The van der Waals surface area contributed by atoms with E-state index in [0.717, 1.165) is 5.69 Å². The van der Waals surface area contributed by atoms with Crippen LogP contribution in [0.15, 0.2) is 18.2 Å². The lowest BCUT2D eigenvalue weighted by atomic mass is 10.1. The van der Waals surface area contributed by atoms with Crippen LogP contribution in [0, 0.1) is 5.82 Å². The standard InChI is InChI=1S/C12H13FN2O2/c13-9-2-1-3-10-12(9)14-11(16)6-8-7-17-5-4-15(8)10/h1-3,8H,4-7H2,(H,14,16). The number of halogens is 1. The molecular weight excluding hydrogens is 223 g/mol. The molecule has 0 bridgehead atoms. The monoisotopic (exact) mass is 236 g/mol. The average molecular weight is 236 g/mol. The number of carbonyl (C=O) groups is 1. The zero-order valence-electron chi connectivity index (χ0n) is 9.28. The van der Waals surface area contributed by atoms with Crippen LogP contribution >= 0.6 is 0 Å². The van der Waals surface area contributed by atoms with E-state index in [4.69, 9.17) is 4.74 Å². The van der Waals surface area contributed by atoms with Crippen molar-refractivity contribution in [2.75, 3.05) is 30.0 Å². The number of morpholine rings is 1. The molecule has 1 atom stereocenters. The third-order valence-electron chi connectivity index (χ3n) is 3.21. The normalized spacial score (nSPS) is 23.5. The number of amides is 1. The van der Waals surface area contributed by atoms with Gasteiger partial charge in [-0.2, -0.15) is 0 Å². The third kappa shape index (κ3) is 1.76. The van der Waals surface area contributed by atoms with E-state index in [1.54, 1.807) is 6.07 Å². The van der Waals surface area contributed by atoms with Crippen molar-refractivity contribution in [1.82, 2.24) is 0 Å². The van der Waals surface area contributed by atoms with Gasteiger partial charge in [0.05, 0.1) is 24.9 Å². The van der Waals surface area contributed by atoms with Crippen LogP contribution in [0.3, 0.4) is 0 Å². The molecular formula is C12H13FN2O2. The summed E-state index contributed by atoms with van der Waals surface area (Å²) in [4.78, 5) is 13.7. The van der Waals surface area contributed by atoms with E-state index in [0.29, 0.717) is 31.9 Å². The van der Waals surface area contributed by atoms with Crippen LogP contribution in [0.5, 0.6) is 0 Å². The summed E-state index contributed by atoms with van der Waals surface area (Å²) in [5.74, 6) is -0.544. The molecule has 1 fully saturated rings. The van der Waals surface area contributed by atoms with Gasteiger partial charge in [0.2, 0.25) is 5.91 Å². The van der Waals surface area contributed by atoms with Crippen molar-refractivity contribution >= 4 is 17.3 Å². The molecule has 1 saturated heterocycles. The van der Waals surface area contributed by atoms with Crippen LogP contribution in [0.1, 0.15) is 6.42 Å². The summed E-state index contributed by atoms with van der Waals surface area (Å²) in [5.41, 5.74) is 1.05. The summed E-state index contributed by atoms with van der Waals surface area (Å²) in [6, 6.07) is 4.87. The molecule has 5 heteroatoms. The summed E-state index contributed by atoms with van der Waals surface area (Å²) in [6.07, 6.45) is 0.341. The molecule has 1 aromatic carbocycles. The minimum Gasteiger partial charge on any atom is -0.377 e. The first-order chi connectivity index (χ1) is 8.25. The molecule has 1 amide bonds. The van der Waals surface area contributed by atoms with Crippen LogP contribution in [0.4, 0.5) is 15.8 Å². The number of fused-ring (bicyclic) bond motifs is 3. The Morgan fingerprint density at radius 3 is 3.24 bits per heavy atom. The number of ether oxygens (including phenoxy) is 1. The number of carbonyl (C=O) groups excluding carboxylic acids is 1. The van der Waals surface area contributed by atoms with Crippen LogP contribution in [0.2, 0.25) is 0 Å². The second kappa shape index (κ2) is 4.00.